The molecule has 3 atom stereocenters. The van der Waals surface area contributed by atoms with E-state index in [4.69, 9.17) is 4.74 Å². The third kappa shape index (κ3) is 1.70. The average molecular weight is 183 g/mol. The summed E-state index contributed by atoms with van der Waals surface area (Å²) >= 11 is 0. The van der Waals surface area contributed by atoms with E-state index in [1.165, 1.54) is 20.0 Å². The van der Waals surface area contributed by atoms with Crippen molar-refractivity contribution in [2.45, 2.75) is 31.7 Å². The molecule has 0 spiro atoms. The van der Waals surface area contributed by atoms with Gasteiger partial charge in [0.15, 0.2) is 0 Å². The lowest BCUT2D eigenvalue weighted by Gasteiger charge is -2.27. The van der Waals surface area contributed by atoms with Gasteiger partial charge in [0, 0.05) is 6.04 Å². The quantitative estimate of drug-likeness (QED) is 0.615. The molecule has 13 heavy (non-hydrogen) atoms. The maximum Gasteiger partial charge on any atom is 0.308 e. The first-order chi connectivity index (χ1) is 6.31. The van der Waals surface area contributed by atoms with E-state index in [2.05, 4.69) is 5.32 Å². The normalized spacial score (nSPS) is 38.4. The second kappa shape index (κ2) is 3.66. The fourth-order valence-corrected chi connectivity index (χ4v) is 2.61. The number of carbonyl (C=O) groups excluding carboxylic acids is 1. The van der Waals surface area contributed by atoms with Crippen molar-refractivity contribution in [2.24, 2.45) is 11.8 Å². The number of ether oxygens (including phenoxy) is 1. The molecule has 1 saturated carbocycles. The first kappa shape index (κ1) is 9.00. The van der Waals surface area contributed by atoms with Crippen LogP contribution in [0.2, 0.25) is 0 Å². The summed E-state index contributed by atoms with van der Waals surface area (Å²) in [5, 5.41) is 3.48. The number of esters is 1. The Balaban J connectivity index is 2.06. The number of methoxy groups -OCH3 is 1. The summed E-state index contributed by atoms with van der Waals surface area (Å²) in [6.07, 6.45) is 4.57. The van der Waals surface area contributed by atoms with E-state index in [0.717, 1.165) is 19.4 Å². The Morgan fingerprint density at radius 3 is 2.69 bits per heavy atom. The second-order valence-corrected chi connectivity index (χ2v) is 4.15. The van der Waals surface area contributed by atoms with Gasteiger partial charge in [0.1, 0.15) is 0 Å². The van der Waals surface area contributed by atoms with Crippen LogP contribution in [0.5, 0.6) is 0 Å². The molecule has 3 fully saturated rings. The Labute approximate surface area is 78.8 Å². The van der Waals surface area contributed by atoms with Crippen LogP contribution < -0.4 is 5.32 Å². The zero-order chi connectivity index (χ0) is 9.26. The summed E-state index contributed by atoms with van der Waals surface area (Å²) in [5.41, 5.74) is 0. The van der Waals surface area contributed by atoms with E-state index < -0.39 is 0 Å². The Kier molecular flexibility index (Phi) is 2.54. The zero-order valence-electron chi connectivity index (χ0n) is 8.08. The molecule has 2 bridgehead atoms. The van der Waals surface area contributed by atoms with Gasteiger partial charge in [-0.15, -0.1) is 0 Å². The van der Waals surface area contributed by atoms with Crippen molar-refractivity contribution in [1.29, 1.82) is 0 Å². The van der Waals surface area contributed by atoms with E-state index >= 15 is 0 Å². The Morgan fingerprint density at radius 2 is 2.08 bits per heavy atom. The summed E-state index contributed by atoms with van der Waals surface area (Å²) in [6.45, 7) is 1.00. The standard InChI is InChI=1S/C10H17NO2/c1-13-10(12)9-5-4-8-3-2-7(9)6-11-8/h7-9,11H,2-6H2,1H3/t7?,8?,9-/m1/s1. The molecule has 2 heterocycles. The van der Waals surface area contributed by atoms with E-state index in [1.807, 2.05) is 0 Å². The van der Waals surface area contributed by atoms with Crippen LogP contribution in [0.1, 0.15) is 25.7 Å². The molecule has 1 aliphatic carbocycles. The molecule has 3 rings (SSSR count). The lowest BCUT2D eigenvalue weighted by molar-refractivity contribution is -0.147. The van der Waals surface area contributed by atoms with Crippen LogP contribution in [0.3, 0.4) is 0 Å². The fraction of sp³-hybridized carbons (Fsp3) is 0.900. The molecule has 2 unspecified atom stereocenters. The first-order valence-corrected chi connectivity index (χ1v) is 5.12. The molecule has 0 aromatic carbocycles. The number of rotatable bonds is 1. The lowest BCUT2D eigenvalue weighted by atomic mass is 9.87. The third-order valence-electron chi connectivity index (χ3n) is 3.45. The molecule has 0 aromatic rings. The Morgan fingerprint density at radius 1 is 1.31 bits per heavy atom. The van der Waals surface area contributed by atoms with E-state index in [9.17, 15) is 4.79 Å². The summed E-state index contributed by atoms with van der Waals surface area (Å²) in [6, 6.07) is 0.658. The Bertz CT molecular complexity index is 197. The van der Waals surface area contributed by atoms with Crippen molar-refractivity contribution in [3.63, 3.8) is 0 Å². The third-order valence-corrected chi connectivity index (χ3v) is 3.45. The summed E-state index contributed by atoms with van der Waals surface area (Å²) in [5.74, 6) is 0.672. The van der Waals surface area contributed by atoms with Crippen molar-refractivity contribution in [3.8, 4) is 0 Å². The summed E-state index contributed by atoms with van der Waals surface area (Å²) < 4.78 is 4.83. The molecule has 3 aliphatic rings. The maximum absolute atomic E-state index is 11.5. The second-order valence-electron chi connectivity index (χ2n) is 4.15. The van der Waals surface area contributed by atoms with E-state index in [1.54, 1.807) is 0 Å². The minimum Gasteiger partial charge on any atom is -0.469 e. The van der Waals surface area contributed by atoms with Crippen LogP contribution in [0.15, 0.2) is 0 Å². The number of nitrogens with one attached hydrogen (secondary N) is 1. The van der Waals surface area contributed by atoms with Crippen molar-refractivity contribution in [1.82, 2.24) is 5.32 Å². The van der Waals surface area contributed by atoms with Gasteiger partial charge in [-0.3, -0.25) is 4.79 Å². The van der Waals surface area contributed by atoms with Crippen molar-refractivity contribution >= 4 is 5.97 Å². The van der Waals surface area contributed by atoms with Gasteiger partial charge in [-0.25, -0.2) is 0 Å². The molecule has 74 valence electrons. The number of hydrogen-bond donors (Lipinski definition) is 1. The van der Waals surface area contributed by atoms with Crippen LogP contribution in [0, 0.1) is 11.8 Å². The molecule has 3 nitrogen and oxygen atoms in total. The van der Waals surface area contributed by atoms with Gasteiger partial charge in [0.25, 0.3) is 0 Å². The van der Waals surface area contributed by atoms with Crippen LogP contribution in [0.25, 0.3) is 0 Å². The number of hydrogen-bond acceptors (Lipinski definition) is 3. The number of fused-ring (bicyclic) bond motifs is 4. The fourth-order valence-electron chi connectivity index (χ4n) is 2.61. The van der Waals surface area contributed by atoms with Crippen molar-refractivity contribution in [2.75, 3.05) is 13.7 Å². The molecule has 2 aliphatic heterocycles. The van der Waals surface area contributed by atoms with Crippen molar-refractivity contribution in [3.05, 3.63) is 0 Å². The van der Waals surface area contributed by atoms with Crippen molar-refractivity contribution < 1.29 is 9.53 Å². The van der Waals surface area contributed by atoms with Gasteiger partial charge in [-0.05, 0) is 38.1 Å². The maximum atomic E-state index is 11.5. The highest BCUT2D eigenvalue weighted by Gasteiger charge is 2.36. The van der Waals surface area contributed by atoms with Crippen LogP contribution in [0.4, 0.5) is 0 Å². The van der Waals surface area contributed by atoms with E-state index in [0.29, 0.717) is 12.0 Å². The van der Waals surface area contributed by atoms with Crippen LogP contribution in [-0.2, 0) is 9.53 Å². The van der Waals surface area contributed by atoms with E-state index in [-0.39, 0.29) is 11.9 Å². The van der Waals surface area contributed by atoms with Crippen LogP contribution >= 0.6 is 0 Å². The number of carbonyl (C=O) groups is 1. The van der Waals surface area contributed by atoms with Gasteiger partial charge in [-0.1, -0.05) is 0 Å². The predicted octanol–water partition coefficient (Wildman–Crippen LogP) is 0.938. The van der Waals surface area contributed by atoms with Gasteiger partial charge >= 0.3 is 5.97 Å². The molecule has 1 N–H and O–H groups in total. The summed E-state index contributed by atoms with van der Waals surface area (Å²) in [4.78, 5) is 11.5. The molecule has 3 heteroatoms. The minimum absolute atomic E-state index is 0.00523. The molecule has 0 aromatic heterocycles. The average Bonchev–Trinajstić information content (AvgIpc) is 2.49. The Hall–Kier alpha value is -0.570. The monoisotopic (exact) mass is 183 g/mol. The molecule has 0 radical (unpaired) electrons. The highest BCUT2D eigenvalue weighted by Crippen LogP contribution is 2.33. The molecular weight excluding hydrogens is 166 g/mol. The molecular formula is C10H17NO2. The summed E-state index contributed by atoms with van der Waals surface area (Å²) in [7, 11) is 1.49. The van der Waals surface area contributed by atoms with Gasteiger partial charge < -0.3 is 10.1 Å². The highest BCUT2D eigenvalue weighted by molar-refractivity contribution is 5.72. The van der Waals surface area contributed by atoms with Gasteiger partial charge in [-0.2, -0.15) is 0 Å². The minimum atomic E-state index is -0.00523. The highest BCUT2D eigenvalue weighted by atomic mass is 16.5. The van der Waals surface area contributed by atoms with Crippen LogP contribution in [-0.4, -0.2) is 25.7 Å². The predicted molar refractivity (Wildman–Crippen MR) is 49.3 cm³/mol. The first-order valence-electron chi connectivity index (χ1n) is 5.12. The molecule has 2 saturated heterocycles. The SMILES string of the molecule is COC(=O)[C@@H]1CCC2CCC1CN2. The molecule has 0 amide bonds. The lowest BCUT2D eigenvalue weighted by Crippen LogP contribution is -2.38. The van der Waals surface area contributed by atoms with Gasteiger partial charge in [0.05, 0.1) is 13.0 Å². The largest absolute Gasteiger partial charge is 0.469 e. The number of piperidine rings is 1. The zero-order valence-corrected chi connectivity index (χ0v) is 8.08. The van der Waals surface area contributed by atoms with Gasteiger partial charge in [0.2, 0.25) is 0 Å². The smallest absolute Gasteiger partial charge is 0.308 e. The topological polar surface area (TPSA) is 38.3 Å².